The highest BCUT2D eigenvalue weighted by Gasteiger charge is 2.26. The predicted molar refractivity (Wildman–Crippen MR) is 99.1 cm³/mol. The van der Waals surface area contributed by atoms with Gasteiger partial charge in [0, 0.05) is 24.2 Å². The number of carbonyl (C=O) groups is 1. The second kappa shape index (κ2) is 8.78. The molecule has 1 aromatic rings. The summed E-state index contributed by atoms with van der Waals surface area (Å²) in [4.78, 5) is 15.0. The summed E-state index contributed by atoms with van der Waals surface area (Å²) in [6.45, 7) is 8.19. The van der Waals surface area contributed by atoms with Crippen LogP contribution in [0.1, 0.15) is 50.4 Å². The smallest absolute Gasteiger partial charge is 0.254 e. The standard InChI is InChI=1S/C18H29N3O3S/c1-4-13-21(16-9-11-19-12-10-16)18(22)15-5-7-17(8-6-15)25(23,24)20-14(2)3/h5-8,14,16,19-20H,4,9-13H2,1-3H3. The third kappa shape index (κ3) is 5.26. The van der Waals surface area contributed by atoms with Gasteiger partial charge in [-0.2, -0.15) is 0 Å². The van der Waals surface area contributed by atoms with E-state index in [-0.39, 0.29) is 22.9 Å². The van der Waals surface area contributed by atoms with Crippen LogP contribution < -0.4 is 10.0 Å². The summed E-state index contributed by atoms with van der Waals surface area (Å²) in [5.74, 6) is -0.0190. The number of piperidine rings is 1. The SMILES string of the molecule is CCCN(C(=O)c1ccc(S(=O)(=O)NC(C)C)cc1)C1CCNCC1. The maximum Gasteiger partial charge on any atom is 0.254 e. The van der Waals surface area contributed by atoms with Crippen molar-refractivity contribution in [3.05, 3.63) is 29.8 Å². The number of hydrogen-bond acceptors (Lipinski definition) is 4. The van der Waals surface area contributed by atoms with Gasteiger partial charge in [0.25, 0.3) is 5.91 Å². The van der Waals surface area contributed by atoms with Gasteiger partial charge in [0.15, 0.2) is 0 Å². The predicted octanol–water partition coefficient (Wildman–Crippen LogP) is 1.98. The third-order valence-electron chi connectivity index (χ3n) is 4.28. The Hall–Kier alpha value is -1.44. The highest BCUT2D eigenvalue weighted by Crippen LogP contribution is 2.18. The van der Waals surface area contributed by atoms with Gasteiger partial charge >= 0.3 is 0 Å². The molecule has 1 aliphatic rings. The van der Waals surface area contributed by atoms with Crippen molar-refractivity contribution in [2.75, 3.05) is 19.6 Å². The molecule has 1 amide bonds. The highest BCUT2D eigenvalue weighted by molar-refractivity contribution is 7.89. The van der Waals surface area contributed by atoms with Crippen LogP contribution in [-0.2, 0) is 10.0 Å². The van der Waals surface area contributed by atoms with Gasteiger partial charge < -0.3 is 10.2 Å². The van der Waals surface area contributed by atoms with Crippen LogP contribution in [0.4, 0.5) is 0 Å². The zero-order valence-electron chi connectivity index (χ0n) is 15.3. The van der Waals surface area contributed by atoms with Crippen LogP contribution in [0.5, 0.6) is 0 Å². The maximum absolute atomic E-state index is 12.9. The lowest BCUT2D eigenvalue weighted by Crippen LogP contribution is -2.46. The van der Waals surface area contributed by atoms with E-state index in [1.54, 1.807) is 26.0 Å². The summed E-state index contributed by atoms with van der Waals surface area (Å²) >= 11 is 0. The van der Waals surface area contributed by atoms with Crippen LogP contribution in [0.25, 0.3) is 0 Å². The third-order valence-corrected chi connectivity index (χ3v) is 5.95. The van der Waals surface area contributed by atoms with Gasteiger partial charge in [-0.05, 0) is 70.5 Å². The second-order valence-electron chi connectivity index (χ2n) is 6.78. The summed E-state index contributed by atoms with van der Waals surface area (Å²) in [6, 6.07) is 6.31. The monoisotopic (exact) mass is 367 g/mol. The minimum absolute atomic E-state index is 0.0190. The fourth-order valence-corrected chi connectivity index (χ4v) is 4.38. The zero-order chi connectivity index (χ0) is 18.4. The van der Waals surface area contributed by atoms with Crippen molar-refractivity contribution in [3.8, 4) is 0 Å². The van der Waals surface area contributed by atoms with Crippen LogP contribution in [-0.4, -0.2) is 50.9 Å². The molecule has 0 radical (unpaired) electrons. The fraction of sp³-hybridized carbons (Fsp3) is 0.611. The number of amides is 1. The molecule has 1 fully saturated rings. The van der Waals surface area contributed by atoms with Gasteiger partial charge in [0.2, 0.25) is 10.0 Å². The Kier molecular flexibility index (Phi) is 6.98. The molecule has 0 aliphatic carbocycles. The van der Waals surface area contributed by atoms with Gasteiger partial charge in [-0.25, -0.2) is 13.1 Å². The molecular weight excluding hydrogens is 338 g/mol. The highest BCUT2D eigenvalue weighted by atomic mass is 32.2. The van der Waals surface area contributed by atoms with Crippen molar-refractivity contribution in [1.29, 1.82) is 0 Å². The maximum atomic E-state index is 12.9. The molecule has 0 bridgehead atoms. The van der Waals surface area contributed by atoms with Crippen molar-refractivity contribution in [1.82, 2.24) is 14.9 Å². The molecule has 0 aromatic heterocycles. The van der Waals surface area contributed by atoms with Crippen LogP contribution in [0.2, 0.25) is 0 Å². The van der Waals surface area contributed by atoms with E-state index >= 15 is 0 Å². The van der Waals surface area contributed by atoms with Crippen molar-refractivity contribution >= 4 is 15.9 Å². The fourth-order valence-electron chi connectivity index (χ4n) is 3.13. The molecule has 1 heterocycles. The Bertz CT molecular complexity index is 665. The van der Waals surface area contributed by atoms with E-state index in [9.17, 15) is 13.2 Å². The van der Waals surface area contributed by atoms with Crippen molar-refractivity contribution in [2.24, 2.45) is 0 Å². The number of sulfonamides is 1. The number of benzene rings is 1. The normalized spacial score (nSPS) is 16.2. The van der Waals surface area contributed by atoms with Gasteiger partial charge in [0.05, 0.1) is 4.90 Å². The first kappa shape index (κ1) is 19.9. The second-order valence-corrected chi connectivity index (χ2v) is 8.49. The molecule has 6 nitrogen and oxygen atoms in total. The molecule has 0 unspecified atom stereocenters. The molecule has 25 heavy (non-hydrogen) atoms. The lowest BCUT2D eigenvalue weighted by atomic mass is 10.0. The molecule has 2 rings (SSSR count). The van der Waals surface area contributed by atoms with E-state index in [1.165, 1.54) is 12.1 Å². The van der Waals surface area contributed by atoms with E-state index < -0.39 is 10.0 Å². The van der Waals surface area contributed by atoms with Gasteiger partial charge in [-0.3, -0.25) is 4.79 Å². The molecule has 0 saturated carbocycles. The van der Waals surface area contributed by atoms with E-state index in [0.29, 0.717) is 5.56 Å². The largest absolute Gasteiger partial charge is 0.336 e. The number of rotatable bonds is 7. The first-order valence-corrected chi connectivity index (χ1v) is 10.5. The van der Waals surface area contributed by atoms with Gasteiger partial charge in [0.1, 0.15) is 0 Å². The Morgan fingerprint density at radius 3 is 2.36 bits per heavy atom. The summed E-state index contributed by atoms with van der Waals surface area (Å²) in [7, 11) is -3.54. The average Bonchev–Trinajstić information content (AvgIpc) is 2.59. The minimum atomic E-state index is -3.54. The van der Waals surface area contributed by atoms with E-state index in [2.05, 4.69) is 17.0 Å². The van der Waals surface area contributed by atoms with E-state index in [4.69, 9.17) is 0 Å². The lowest BCUT2D eigenvalue weighted by molar-refractivity contribution is 0.0642. The van der Waals surface area contributed by atoms with E-state index in [1.807, 2.05) is 4.90 Å². The first-order valence-electron chi connectivity index (χ1n) is 8.99. The molecule has 2 N–H and O–H groups in total. The number of carbonyl (C=O) groups excluding carboxylic acids is 1. The molecular formula is C18H29N3O3S. The summed E-state index contributed by atoms with van der Waals surface area (Å²) in [6.07, 6.45) is 2.81. The van der Waals surface area contributed by atoms with Gasteiger partial charge in [-0.1, -0.05) is 6.92 Å². The van der Waals surface area contributed by atoms with Crippen LogP contribution >= 0.6 is 0 Å². The average molecular weight is 368 g/mol. The molecule has 1 aliphatic heterocycles. The number of nitrogens with zero attached hydrogens (tertiary/aromatic N) is 1. The number of nitrogens with one attached hydrogen (secondary N) is 2. The molecule has 140 valence electrons. The molecule has 0 atom stereocenters. The van der Waals surface area contributed by atoms with E-state index in [0.717, 1.165) is 38.9 Å². The van der Waals surface area contributed by atoms with Crippen molar-refractivity contribution in [2.45, 2.75) is 57.0 Å². The molecule has 1 aromatic carbocycles. The van der Waals surface area contributed by atoms with Crippen LogP contribution in [0.3, 0.4) is 0 Å². The summed E-state index contributed by atoms with van der Waals surface area (Å²) < 4.78 is 26.9. The Balaban J connectivity index is 2.17. The van der Waals surface area contributed by atoms with Crippen molar-refractivity contribution in [3.63, 3.8) is 0 Å². The molecule has 1 saturated heterocycles. The zero-order valence-corrected chi connectivity index (χ0v) is 16.1. The lowest BCUT2D eigenvalue weighted by Gasteiger charge is -2.34. The Labute approximate surface area is 151 Å². The Morgan fingerprint density at radius 2 is 1.84 bits per heavy atom. The van der Waals surface area contributed by atoms with Crippen LogP contribution in [0.15, 0.2) is 29.2 Å². The Morgan fingerprint density at radius 1 is 1.24 bits per heavy atom. The van der Waals surface area contributed by atoms with Crippen molar-refractivity contribution < 1.29 is 13.2 Å². The summed E-state index contributed by atoms with van der Waals surface area (Å²) in [5.41, 5.74) is 0.537. The molecule has 0 spiro atoms. The van der Waals surface area contributed by atoms with Gasteiger partial charge in [-0.15, -0.1) is 0 Å². The molecule has 7 heteroatoms. The topological polar surface area (TPSA) is 78.5 Å². The first-order chi connectivity index (χ1) is 11.8. The number of hydrogen-bond donors (Lipinski definition) is 2. The summed E-state index contributed by atoms with van der Waals surface area (Å²) in [5, 5.41) is 3.32. The minimum Gasteiger partial charge on any atom is -0.336 e. The van der Waals surface area contributed by atoms with Crippen LogP contribution in [0, 0.1) is 0 Å². The quantitative estimate of drug-likeness (QED) is 0.772.